The van der Waals surface area contributed by atoms with Gasteiger partial charge in [-0.15, -0.1) is 0 Å². The predicted molar refractivity (Wildman–Crippen MR) is 95.4 cm³/mol. The molecule has 25 heavy (non-hydrogen) atoms. The van der Waals surface area contributed by atoms with Crippen molar-refractivity contribution in [2.45, 2.75) is 18.6 Å². The van der Waals surface area contributed by atoms with Crippen LogP contribution in [0.15, 0.2) is 42.5 Å². The first-order chi connectivity index (χ1) is 11.9. The molecule has 1 aliphatic heterocycles. The lowest BCUT2D eigenvalue weighted by atomic mass is 10.1. The number of nitrogens with zero attached hydrogens (tertiary/aromatic N) is 1. The Morgan fingerprint density at radius 3 is 2.72 bits per heavy atom. The lowest BCUT2D eigenvalue weighted by molar-refractivity contribution is -0.127. The molecule has 6 heteroatoms. The monoisotopic (exact) mass is 362 g/mol. The first kappa shape index (κ1) is 17.7. The van der Waals surface area contributed by atoms with Crippen LogP contribution in [0.25, 0.3) is 0 Å². The minimum absolute atomic E-state index is 0.0530. The van der Waals surface area contributed by atoms with E-state index in [1.54, 1.807) is 24.3 Å². The van der Waals surface area contributed by atoms with E-state index in [0.29, 0.717) is 23.7 Å². The normalized spacial score (nSPS) is 17.1. The molecule has 1 N–H and O–H groups in total. The topological polar surface area (TPSA) is 41.6 Å². The standard InChI is InChI=1S/C19H20ClFN2O2/c1-23(2)16(12-3-6-15(21)7-4-12)11-22-19(24)18-10-13-9-14(20)5-8-17(13)25-18/h3-9,16,18H,10-11H2,1-2H3,(H,22,24)/t16-,18-/m1/s1. The van der Waals surface area contributed by atoms with Crippen molar-refractivity contribution >= 4 is 17.5 Å². The van der Waals surface area contributed by atoms with Crippen LogP contribution >= 0.6 is 11.6 Å². The number of carbonyl (C=O) groups is 1. The van der Waals surface area contributed by atoms with Crippen LogP contribution in [-0.4, -0.2) is 37.6 Å². The summed E-state index contributed by atoms with van der Waals surface area (Å²) in [6.45, 7) is 0.411. The van der Waals surface area contributed by atoms with Crippen molar-refractivity contribution in [1.29, 1.82) is 0 Å². The van der Waals surface area contributed by atoms with Crippen molar-refractivity contribution in [3.8, 4) is 5.75 Å². The zero-order valence-electron chi connectivity index (χ0n) is 14.1. The third-order valence-electron chi connectivity index (χ3n) is 4.34. The summed E-state index contributed by atoms with van der Waals surface area (Å²) in [5, 5.41) is 3.57. The fourth-order valence-corrected chi connectivity index (χ4v) is 3.15. The predicted octanol–water partition coefficient (Wildman–Crippen LogP) is 3.20. The molecule has 3 rings (SSSR count). The Hall–Kier alpha value is -2.11. The molecular weight excluding hydrogens is 343 g/mol. The Morgan fingerprint density at radius 1 is 1.32 bits per heavy atom. The molecule has 1 heterocycles. The van der Waals surface area contributed by atoms with Crippen LogP contribution in [0.2, 0.25) is 5.02 Å². The molecule has 2 atom stereocenters. The molecule has 1 aliphatic rings. The summed E-state index contributed by atoms with van der Waals surface area (Å²) < 4.78 is 18.8. The van der Waals surface area contributed by atoms with Gasteiger partial charge in [-0.3, -0.25) is 4.79 Å². The van der Waals surface area contributed by atoms with Gasteiger partial charge in [0.15, 0.2) is 6.10 Å². The Bertz CT molecular complexity index is 765. The second-order valence-electron chi connectivity index (χ2n) is 6.34. The van der Waals surface area contributed by atoms with Crippen molar-refractivity contribution in [3.63, 3.8) is 0 Å². The van der Waals surface area contributed by atoms with Crippen LogP contribution in [0.3, 0.4) is 0 Å². The lowest BCUT2D eigenvalue weighted by Crippen LogP contribution is -2.41. The number of carbonyl (C=O) groups excluding carboxylic acids is 1. The van der Waals surface area contributed by atoms with E-state index in [0.717, 1.165) is 11.1 Å². The molecule has 0 bridgehead atoms. The Labute approximate surface area is 151 Å². The quantitative estimate of drug-likeness (QED) is 0.888. The number of rotatable bonds is 5. The zero-order chi connectivity index (χ0) is 18.0. The van der Waals surface area contributed by atoms with Crippen LogP contribution in [0.1, 0.15) is 17.2 Å². The van der Waals surface area contributed by atoms with E-state index in [4.69, 9.17) is 16.3 Å². The van der Waals surface area contributed by atoms with E-state index in [2.05, 4.69) is 5.32 Å². The maximum Gasteiger partial charge on any atom is 0.261 e. The number of nitrogens with one attached hydrogen (secondary N) is 1. The van der Waals surface area contributed by atoms with Gasteiger partial charge in [-0.05, 0) is 55.6 Å². The first-order valence-electron chi connectivity index (χ1n) is 8.08. The number of amides is 1. The maximum absolute atomic E-state index is 13.1. The Morgan fingerprint density at radius 2 is 2.04 bits per heavy atom. The number of halogens is 2. The van der Waals surface area contributed by atoms with Gasteiger partial charge in [0.1, 0.15) is 11.6 Å². The fraction of sp³-hybridized carbons (Fsp3) is 0.316. The molecule has 0 radical (unpaired) electrons. The molecule has 0 aliphatic carbocycles. The number of hydrogen-bond acceptors (Lipinski definition) is 3. The fourth-order valence-electron chi connectivity index (χ4n) is 2.96. The molecule has 2 aromatic carbocycles. The van der Waals surface area contributed by atoms with Gasteiger partial charge < -0.3 is 15.0 Å². The summed E-state index contributed by atoms with van der Waals surface area (Å²) in [5.74, 6) is 0.259. The summed E-state index contributed by atoms with van der Waals surface area (Å²) in [6, 6.07) is 11.6. The molecule has 0 saturated carbocycles. The zero-order valence-corrected chi connectivity index (χ0v) is 14.9. The lowest BCUT2D eigenvalue weighted by Gasteiger charge is -2.25. The molecule has 0 unspecified atom stereocenters. The molecule has 4 nitrogen and oxygen atoms in total. The highest BCUT2D eigenvalue weighted by Gasteiger charge is 2.29. The number of fused-ring (bicyclic) bond motifs is 1. The van der Waals surface area contributed by atoms with Gasteiger partial charge >= 0.3 is 0 Å². The van der Waals surface area contributed by atoms with E-state index >= 15 is 0 Å². The van der Waals surface area contributed by atoms with Crippen molar-refractivity contribution < 1.29 is 13.9 Å². The third-order valence-corrected chi connectivity index (χ3v) is 4.57. The van der Waals surface area contributed by atoms with Gasteiger partial charge in [0.05, 0.1) is 6.04 Å². The van der Waals surface area contributed by atoms with Gasteiger partial charge in [-0.2, -0.15) is 0 Å². The minimum atomic E-state index is -0.551. The SMILES string of the molecule is CN(C)[C@H](CNC(=O)[C@H]1Cc2cc(Cl)ccc2O1)c1ccc(F)cc1. The summed E-state index contributed by atoms with van der Waals surface area (Å²) >= 11 is 5.98. The minimum Gasteiger partial charge on any atom is -0.480 e. The molecule has 0 spiro atoms. The van der Waals surface area contributed by atoms with Crippen LogP contribution in [0, 0.1) is 5.82 Å². The van der Waals surface area contributed by atoms with Gasteiger partial charge in [-0.1, -0.05) is 23.7 Å². The number of likely N-dealkylation sites (N-methyl/N-ethyl adjacent to an activating group) is 1. The van der Waals surface area contributed by atoms with E-state index in [1.807, 2.05) is 25.1 Å². The van der Waals surface area contributed by atoms with Crippen LogP contribution in [0.5, 0.6) is 5.75 Å². The highest BCUT2D eigenvalue weighted by atomic mass is 35.5. The van der Waals surface area contributed by atoms with Gasteiger partial charge in [-0.25, -0.2) is 4.39 Å². The largest absolute Gasteiger partial charge is 0.480 e. The number of benzene rings is 2. The first-order valence-corrected chi connectivity index (χ1v) is 8.46. The van der Waals surface area contributed by atoms with E-state index in [9.17, 15) is 9.18 Å². The van der Waals surface area contributed by atoms with Crippen molar-refractivity contribution in [2.75, 3.05) is 20.6 Å². The molecule has 2 aromatic rings. The van der Waals surface area contributed by atoms with Crippen LogP contribution in [-0.2, 0) is 11.2 Å². The molecule has 0 fully saturated rings. The van der Waals surface area contributed by atoms with E-state index in [1.165, 1.54) is 12.1 Å². The third kappa shape index (κ3) is 4.11. The second kappa shape index (κ2) is 7.42. The molecule has 0 aromatic heterocycles. The smallest absolute Gasteiger partial charge is 0.261 e. The Balaban J connectivity index is 1.62. The summed E-state index contributed by atoms with van der Waals surface area (Å²) in [4.78, 5) is 14.4. The Kier molecular flexibility index (Phi) is 5.25. The molecule has 132 valence electrons. The van der Waals surface area contributed by atoms with Gasteiger partial charge in [0.2, 0.25) is 0 Å². The summed E-state index contributed by atoms with van der Waals surface area (Å²) in [7, 11) is 3.84. The highest BCUT2D eigenvalue weighted by Crippen LogP contribution is 2.31. The van der Waals surface area contributed by atoms with Crippen molar-refractivity contribution in [3.05, 3.63) is 64.4 Å². The average Bonchev–Trinajstić information content (AvgIpc) is 2.99. The van der Waals surface area contributed by atoms with Crippen molar-refractivity contribution in [2.24, 2.45) is 0 Å². The summed E-state index contributed by atoms with van der Waals surface area (Å²) in [5.41, 5.74) is 1.88. The van der Waals surface area contributed by atoms with Crippen molar-refractivity contribution in [1.82, 2.24) is 10.2 Å². The van der Waals surface area contributed by atoms with Gasteiger partial charge in [0.25, 0.3) is 5.91 Å². The summed E-state index contributed by atoms with van der Waals surface area (Å²) in [6.07, 6.45) is -0.0465. The molecule has 0 saturated heterocycles. The number of hydrogen-bond donors (Lipinski definition) is 1. The number of ether oxygens (including phenoxy) is 1. The van der Waals surface area contributed by atoms with E-state index in [-0.39, 0.29) is 17.8 Å². The highest BCUT2D eigenvalue weighted by molar-refractivity contribution is 6.30. The average molecular weight is 363 g/mol. The second-order valence-corrected chi connectivity index (χ2v) is 6.78. The van der Waals surface area contributed by atoms with Crippen LogP contribution < -0.4 is 10.1 Å². The molecule has 1 amide bonds. The van der Waals surface area contributed by atoms with Crippen LogP contribution in [0.4, 0.5) is 4.39 Å². The maximum atomic E-state index is 13.1. The molecular formula is C19H20ClFN2O2. The van der Waals surface area contributed by atoms with Gasteiger partial charge in [0, 0.05) is 18.0 Å². The van der Waals surface area contributed by atoms with E-state index < -0.39 is 6.10 Å².